The molecule has 1 heterocycles. The Morgan fingerprint density at radius 3 is 2.81 bits per heavy atom. The summed E-state index contributed by atoms with van der Waals surface area (Å²) in [6.07, 6.45) is 0.575. The van der Waals surface area contributed by atoms with Gasteiger partial charge >= 0.3 is 0 Å². The monoisotopic (exact) mass is 356 g/mol. The molecule has 0 spiro atoms. The smallest absolute Gasteiger partial charge is 0.221 e. The summed E-state index contributed by atoms with van der Waals surface area (Å²) in [5, 5.41) is 5.29. The van der Waals surface area contributed by atoms with Crippen molar-refractivity contribution < 1.29 is 14.3 Å². The fraction of sp³-hybridized carbons (Fsp3) is 0.476. The molecule has 1 saturated heterocycles. The number of amides is 1. The van der Waals surface area contributed by atoms with Gasteiger partial charge < -0.3 is 14.8 Å². The fourth-order valence-corrected chi connectivity index (χ4v) is 3.33. The molecular weight excluding hydrogens is 328 g/mol. The van der Waals surface area contributed by atoms with E-state index in [0.29, 0.717) is 13.0 Å². The van der Waals surface area contributed by atoms with E-state index < -0.39 is 0 Å². The van der Waals surface area contributed by atoms with E-state index >= 15 is 0 Å². The average Bonchev–Trinajstić information content (AvgIpc) is 2.65. The highest BCUT2D eigenvalue weighted by atomic mass is 16.5. The van der Waals surface area contributed by atoms with Crippen molar-refractivity contribution in [3.05, 3.63) is 42.0 Å². The van der Waals surface area contributed by atoms with Gasteiger partial charge in [-0.2, -0.15) is 0 Å². The van der Waals surface area contributed by atoms with Crippen LogP contribution in [0.2, 0.25) is 0 Å². The minimum absolute atomic E-state index is 0.0448. The molecule has 2 aromatic rings. The molecule has 1 aliphatic rings. The summed E-state index contributed by atoms with van der Waals surface area (Å²) >= 11 is 0. The molecule has 140 valence electrons. The molecule has 0 bridgehead atoms. The van der Waals surface area contributed by atoms with Gasteiger partial charge in [-0.3, -0.25) is 9.69 Å². The van der Waals surface area contributed by atoms with Crippen LogP contribution < -0.4 is 10.1 Å². The topological polar surface area (TPSA) is 50.8 Å². The highest BCUT2D eigenvalue weighted by Crippen LogP contribution is 2.27. The number of benzene rings is 2. The van der Waals surface area contributed by atoms with E-state index in [0.717, 1.165) is 30.8 Å². The second-order valence-electron chi connectivity index (χ2n) is 7.10. The summed E-state index contributed by atoms with van der Waals surface area (Å²) in [5.74, 6) is 0.979. The third-order valence-corrected chi connectivity index (χ3v) is 4.70. The molecule has 0 radical (unpaired) electrons. The average molecular weight is 356 g/mol. The maximum Gasteiger partial charge on any atom is 0.221 e. The van der Waals surface area contributed by atoms with E-state index in [2.05, 4.69) is 34.5 Å². The molecule has 0 saturated carbocycles. The molecule has 0 unspecified atom stereocenters. The van der Waals surface area contributed by atoms with Crippen LogP contribution in [0.4, 0.5) is 0 Å². The van der Waals surface area contributed by atoms with Crippen LogP contribution in [-0.2, 0) is 9.53 Å². The van der Waals surface area contributed by atoms with Crippen molar-refractivity contribution in [1.29, 1.82) is 0 Å². The van der Waals surface area contributed by atoms with E-state index in [9.17, 15) is 4.79 Å². The molecule has 0 aromatic heterocycles. The molecule has 1 atom stereocenters. The highest BCUT2D eigenvalue weighted by molar-refractivity contribution is 5.84. The van der Waals surface area contributed by atoms with Crippen LogP contribution in [-0.4, -0.2) is 50.2 Å². The molecule has 3 rings (SSSR count). The maximum absolute atomic E-state index is 11.9. The number of hydrogen-bond acceptors (Lipinski definition) is 4. The molecule has 5 heteroatoms. The molecule has 1 amide bonds. The van der Waals surface area contributed by atoms with E-state index in [4.69, 9.17) is 9.47 Å². The Hall–Kier alpha value is -2.11. The summed E-state index contributed by atoms with van der Waals surface area (Å²) < 4.78 is 11.3. The lowest BCUT2D eigenvalue weighted by Gasteiger charge is -2.33. The first-order chi connectivity index (χ1) is 12.5. The number of carbonyl (C=O) groups is 1. The number of nitrogens with zero attached hydrogens (tertiary/aromatic N) is 1. The van der Waals surface area contributed by atoms with Crippen molar-refractivity contribution in [2.75, 3.05) is 33.4 Å². The van der Waals surface area contributed by atoms with Crippen LogP contribution in [0.1, 0.15) is 31.9 Å². The van der Waals surface area contributed by atoms with E-state index in [1.54, 1.807) is 7.11 Å². The molecule has 2 aromatic carbocycles. The lowest BCUT2D eigenvalue weighted by molar-refractivity contribution is -0.122. The molecule has 1 aliphatic heterocycles. The summed E-state index contributed by atoms with van der Waals surface area (Å²) in [4.78, 5) is 14.2. The second kappa shape index (κ2) is 8.52. The minimum atomic E-state index is 0.0448. The summed E-state index contributed by atoms with van der Waals surface area (Å²) in [6, 6.07) is 12.7. The fourth-order valence-electron chi connectivity index (χ4n) is 3.33. The van der Waals surface area contributed by atoms with Crippen molar-refractivity contribution in [3.8, 4) is 5.75 Å². The van der Waals surface area contributed by atoms with Gasteiger partial charge in [-0.1, -0.05) is 18.2 Å². The largest absolute Gasteiger partial charge is 0.497 e. The quantitative estimate of drug-likeness (QED) is 0.864. The lowest BCUT2D eigenvalue weighted by atomic mass is 10.0. The van der Waals surface area contributed by atoms with Crippen molar-refractivity contribution in [1.82, 2.24) is 10.2 Å². The van der Waals surface area contributed by atoms with Gasteiger partial charge in [-0.25, -0.2) is 0 Å². The SMILES string of the molecule is COc1ccc2cc([C@H]3CN(CCC(=O)NC(C)C)CCO3)ccc2c1. The molecule has 5 nitrogen and oxygen atoms in total. The van der Waals surface area contributed by atoms with Crippen LogP contribution in [0.25, 0.3) is 10.8 Å². The molecule has 0 aliphatic carbocycles. The Labute approximate surface area is 155 Å². The zero-order valence-electron chi connectivity index (χ0n) is 15.8. The number of nitrogens with one attached hydrogen (secondary N) is 1. The lowest BCUT2D eigenvalue weighted by Crippen LogP contribution is -2.41. The van der Waals surface area contributed by atoms with Gasteiger partial charge in [0.25, 0.3) is 0 Å². The first-order valence-electron chi connectivity index (χ1n) is 9.26. The van der Waals surface area contributed by atoms with Crippen LogP contribution in [0.3, 0.4) is 0 Å². The first kappa shape index (κ1) is 18.7. The van der Waals surface area contributed by atoms with Gasteiger partial charge in [0.05, 0.1) is 19.8 Å². The number of hydrogen-bond donors (Lipinski definition) is 1. The predicted molar refractivity (Wildman–Crippen MR) is 104 cm³/mol. The van der Waals surface area contributed by atoms with E-state index in [1.165, 1.54) is 10.9 Å². The van der Waals surface area contributed by atoms with Gasteiger partial charge in [-0.05, 0) is 48.4 Å². The van der Waals surface area contributed by atoms with Crippen molar-refractivity contribution in [3.63, 3.8) is 0 Å². The number of carbonyl (C=O) groups excluding carboxylic acids is 1. The van der Waals surface area contributed by atoms with E-state index in [1.807, 2.05) is 26.0 Å². The van der Waals surface area contributed by atoms with Gasteiger partial charge in [0.15, 0.2) is 0 Å². The van der Waals surface area contributed by atoms with Gasteiger partial charge in [0.2, 0.25) is 5.91 Å². The molecular formula is C21H28N2O3. The van der Waals surface area contributed by atoms with Crippen LogP contribution in [0, 0.1) is 0 Å². The number of morpholine rings is 1. The standard InChI is InChI=1S/C21H28N2O3/c1-15(2)22-21(24)8-9-23-10-11-26-20(14-23)18-5-4-17-13-19(25-3)7-6-16(17)12-18/h4-7,12-13,15,20H,8-11,14H2,1-3H3,(H,22,24)/t20-/m1/s1. The molecule has 1 N–H and O–H groups in total. The van der Waals surface area contributed by atoms with Crippen LogP contribution >= 0.6 is 0 Å². The first-order valence-corrected chi connectivity index (χ1v) is 9.26. The number of rotatable bonds is 6. The Morgan fingerprint density at radius 2 is 2.04 bits per heavy atom. The Kier molecular flexibility index (Phi) is 6.12. The number of fused-ring (bicyclic) bond motifs is 1. The summed E-state index contributed by atoms with van der Waals surface area (Å²) in [6.45, 7) is 7.11. The maximum atomic E-state index is 11.9. The predicted octanol–water partition coefficient (Wildman–Crippen LogP) is 3.14. The summed E-state index contributed by atoms with van der Waals surface area (Å²) in [7, 11) is 1.68. The highest BCUT2D eigenvalue weighted by Gasteiger charge is 2.22. The van der Waals surface area contributed by atoms with Gasteiger partial charge in [-0.15, -0.1) is 0 Å². The molecule has 26 heavy (non-hydrogen) atoms. The second-order valence-corrected chi connectivity index (χ2v) is 7.10. The normalized spacial score (nSPS) is 18.2. The third kappa shape index (κ3) is 4.74. The van der Waals surface area contributed by atoms with Crippen LogP contribution in [0.5, 0.6) is 5.75 Å². The minimum Gasteiger partial charge on any atom is -0.497 e. The Balaban J connectivity index is 1.63. The summed E-state index contributed by atoms with van der Waals surface area (Å²) in [5.41, 5.74) is 1.18. The van der Waals surface area contributed by atoms with Crippen molar-refractivity contribution in [2.24, 2.45) is 0 Å². The van der Waals surface area contributed by atoms with Gasteiger partial charge in [0, 0.05) is 32.1 Å². The zero-order chi connectivity index (χ0) is 18.5. The third-order valence-electron chi connectivity index (χ3n) is 4.70. The van der Waals surface area contributed by atoms with E-state index in [-0.39, 0.29) is 18.1 Å². The molecule has 1 fully saturated rings. The van der Waals surface area contributed by atoms with Gasteiger partial charge in [0.1, 0.15) is 5.75 Å². The van der Waals surface area contributed by atoms with Crippen molar-refractivity contribution >= 4 is 16.7 Å². The van der Waals surface area contributed by atoms with Crippen molar-refractivity contribution in [2.45, 2.75) is 32.4 Å². The zero-order valence-corrected chi connectivity index (χ0v) is 15.8. The Bertz CT molecular complexity index is 760. The van der Waals surface area contributed by atoms with Crippen LogP contribution in [0.15, 0.2) is 36.4 Å². The Morgan fingerprint density at radius 1 is 1.27 bits per heavy atom. The number of methoxy groups -OCH3 is 1. The number of ether oxygens (including phenoxy) is 2.